The van der Waals surface area contributed by atoms with Crippen LogP contribution >= 0.6 is 11.1 Å². The van der Waals surface area contributed by atoms with Crippen molar-refractivity contribution in [1.82, 2.24) is 0 Å². The van der Waals surface area contributed by atoms with Gasteiger partial charge in [-0.15, -0.1) is 11.1 Å². The van der Waals surface area contributed by atoms with Crippen LogP contribution in [-0.4, -0.2) is 23.5 Å². The zero-order valence-corrected chi connectivity index (χ0v) is 25.3. The standard InChI is InChI=1S/C28H39ClSi3/c1-20-11-21(2)15-26(14-20)32(29,27-16-22(3)12-24(18-27)30(5,6)7)28-17-23(4)13-25(19-28)31(8,9)10/h11-19H,1-10H3. The van der Waals surface area contributed by atoms with Gasteiger partial charge in [0.2, 0.25) is 7.38 Å². The van der Waals surface area contributed by atoms with E-state index in [2.05, 4.69) is 122 Å². The molecule has 170 valence electrons. The lowest BCUT2D eigenvalue weighted by molar-refractivity contribution is 1.40. The van der Waals surface area contributed by atoms with Crippen molar-refractivity contribution in [1.29, 1.82) is 0 Å². The van der Waals surface area contributed by atoms with Gasteiger partial charge < -0.3 is 0 Å². The molecule has 0 aliphatic rings. The molecule has 0 unspecified atom stereocenters. The molecule has 0 spiro atoms. The van der Waals surface area contributed by atoms with Crippen LogP contribution < -0.4 is 25.9 Å². The van der Waals surface area contributed by atoms with E-state index in [0.717, 1.165) is 0 Å². The molecule has 0 amide bonds. The zero-order valence-electron chi connectivity index (χ0n) is 21.6. The Morgan fingerprint density at radius 1 is 0.406 bits per heavy atom. The molecule has 0 aliphatic heterocycles. The van der Waals surface area contributed by atoms with E-state index in [1.54, 1.807) is 0 Å². The number of hydrogen-bond donors (Lipinski definition) is 0. The average Bonchev–Trinajstić information content (AvgIpc) is 2.64. The molecule has 0 N–H and O–H groups in total. The van der Waals surface area contributed by atoms with Crippen molar-refractivity contribution in [3.05, 3.63) is 76.9 Å². The first-order chi connectivity index (χ1) is 14.6. The third-order valence-electron chi connectivity index (χ3n) is 6.30. The third-order valence-corrected chi connectivity index (χ3v) is 15.6. The summed E-state index contributed by atoms with van der Waals surface area (Å²) < 4.78 is 0. The van der Waals surface area contributed by atoms with Gasteiger partial charge in [0, 0.05) is 0 Å². The maximum absolute atomic E-state index is 8.02. The first-order valence-corrected chi connectivity index (χ1v) is 21.6. The molecule has 0 heterocycles. The highest BCUT2D eigenvalue weighted by Crippen LogP contribution is 2.17. The lowest BCUT2D eigenvalue weighted by atomic mass is 10.2. The predicted molar refractivity (Wildman–Crippen MR) is 155 cm³/mol. The number of halogens is 1. The Morgan fingerprint density at radius 3 is 0.969 bits per heavy atom. The molecule has 0 aromatic heterocycles. The maximum Gasteiger partial charge on any atom is 0.247 e. The largest absolute Gasteiger partial charge is 0.247 e. The monoisotopic (exact) mass is 494 g/mol. The van der Waals surface area contributed by atoms with E-state index in [9.17, 15) is 0 Å². The van der Waals surface area contributed by atoms with Gasteiger partial charge in [-0.25, -0.2) is 0 Å². The summed E-state index contributed by atoms with van der Waals surface area (Å²) in [6.07, 6.45) is 0. The molecular weight excluding hydrogens is 456 g/mol. The second-order valence-corrected chi connectivity index (χ2v) is 26.6. The van der Waals surface area contributed by atoms with Crippen molar-refractivity contribution in [2.45, 2.75) is 67.0 Å². The fraction of sp³-hybridized carbons (Fsp3) is 0.357. The van der Waals surface area contributed by atoms with Gasteiger partial charge >= 0.3 is 0 Å². The lowest BCUT2D eigenvalue weighted by Gasteiger charge is -2.31. The van der Waals surface area contributed by atoms with Crippen LogP contribution in [0.15, 0.2) is 54.6 Å². The van der Waals surface area contributed by atoms with Gasteiger partial charge in [-0.05, 0) is 43.3 Å². The molecule has 4 heteroatoms. The van der Waals surface area contributed by atoms with Gasteiger partial charge in [0.25, 0.3) is 0 Å². The van der Waals surface area contributed by atoms with Crippen LogP contribution in [0.2, 0.25) is 39.3 Å². The molecule has 0 fully saturated rings. The Morgan fingerprint density at radius 2 is 0.656 bits per heavy atom. The molecule has 0 radical (unpaired) electrons. The maximum atomic E-state index is 8.02. The van der Waals surface area contributed by atoms with Gasteiger partial charge in [0.1, 0.15) is 0 Å². The molecule has 0 aliphatic carbocycles. The summed E-state index contributed by atoms with van der Waals surface area (Å²) in [6.45, 7) is 23.4. The first-order valence-electron chi connectivity index (χ1n) is 11.6. The van der Waals surface area contributed by atoms with Crippen molar-refractivity contribution in [2.24, 2.45) is 0 Å². The van der Waals surface area contributed by atoms with Crippen molar-refractivity contribution in [2.75, 3.05) is 0 Å². The number of aryl methyl sites for hydroxylation is 4. The highest BCUT2D eigenvalue weighted by molar-refractivity contribution is 7.40. The first kappa shape index (κ1) is 25.2. The molecule has 0 nitrogen and oxygen atoms in total. The highest BCUT2D eigenvalue weighted by Gasteiger charge is 2.40. The quantitative estimate of drug-likeness (QED) is 0.259. The summed E-state index contributed by atoms with van der Waals surface area (Å²) >= 11 is 8.02. The summed E-state index contributed by atoms with van der Waals surface area (Å²) in [5.74, 6) is 0. The fourth-order valence-corrected chi connectivity index (χ4v) is 11.7. The third kappa shape index (κ3) is 5.22. The predicted octanol–water partition coefficient (Wildman–Crippen LogP) is 5.22. The van der Waals surface area contributed by atoms with E-state index >= 15 is 0 Å². The van der Waals surface area contributed by atoms with Crippen LogP contribution in [-0.2, 0) is 0 Å². The van der Waals surface area contributed by atoms with Gasteiger partial charge in [-0.1, -0.05) is 127 Å². The van der Waals surface area contributed by atoms with Crippen molar-refractivity contribution in [3.63, 3.8) is 0 Å². The van der Waals surface area contributed by atoms with Crippen molar-refractivity contribution < 1.29 is 0 Å². The zero-order chi connectivity index (χ0) is 24.1. The molecule has 0 saturated heterocycles. The SMILES string of the molecule is Cc1cc(C)cc([Si](Cl)(c2cc(C)cc([Si](C)(C)C)c2)c2cc(C)cc([Si](C)(C)C)c2)c1. The van der Waals surface area contributed by atoms with Crippen LogP contribution in [0.25, 0.3) is 0 Å². The van der Waals surface area contributed by atoms with E-state index in [0.29, 0.717) is 0 Å². The summed E-state index contributed by atoms with van der Waals surface area (Å²) in [6, 6.07) is 21.3. The van der Waals surface area contributed by atoms with Gasteiger partial charge in [-0.2, -0.15) is 0 Å². The second-order valence-electron chi connectivity index (χ2n) is 11.7. The van der Waals surface area contributed by atoms with Crippen LogP contribution in [0.5, 0.6) is 0 Å². The normalized spacial score (nSPS) is 12.8. The number of benzene rings is 3. The van der Waals surface area contributed by atoms with E-state index in [-0.39, 0.29) is 0 Å². The molecule has 0 bridgehead atoms. The Kier molecular flexibility index (Phi) is 6.90. The van der Waals surface area contributed by atoms with Gasteiger partial charge in [-0.3, -0.25) is 0 Å². The Labute approximate surface area is 203 Å². The van der Waals surface area contributed by atoms with E-state index < -0.39 is 23.5 Å². The number of rotatable bonds is 5. The summed E-state index contributed by atoms with van der Waals surface area (Å²) in [7, 11) is -5.67. The van der Waals surface area contributed by atoms with Crippen molar-refractivity contribution in [3.8, 4) is 0 Å². The Bertz CT molecular complexity index is 1070. The fourth-order valence-electron chi connectivity index (χ4n) is 4.50. The van der Waals surface area contributed by atoms with Crippen LogP contribution in [0.3, 0.4) is 0 Å². The van der Waals surface area contributed by atoms with E-state index in [4.69, 9.17) is 11.1 Å². The molecule has 0 atom stereocenters. The average molecular weight is 495 g/mol. The van der Waals surface area contributed by atoms with Crippen molar-refractivity contribution >= 4 is 60.5 Å². The minimum atomic E-state index is -2.71. The molecule has 3 aromatic rings. The second kappa shape index (κ2) is 8.75. The summed E-state index contributed by atoms with van der Waals surface area (Å²) in [5.41, 5.74) is 5.21. The summed E-state index contributed by atoms with van der Waals surface area (Å²) in [5, 5.41) is 6.94. The van der Waals surface area contributed by atoms with Gasteiger partial charge in [0.05, 0.1) is 16.1 Å². The molecule has 3 rings (SSSR count). The van der Waals surface area contributed by atoms with Gasteiger partial charge in [0.15, 0.2) is 0 Å². The molecular formula is C28H39ClSi3. The Hall–Kier alpha value is -1.40. The molecule has 32 heavy (non-hydrogen) atoms. The van der Waals surface area contributed by atoms with E-state index in [1.165, 1.54) is 48.2 Å². The summed E-state index contributed by atoms with van der Waals surface area (Å²) in [4.78, 5) is 0. The van der Waals surface area contributed by atoms with Crippen LogP contribution in [0, 0.1) is 27.7 Å². The lowest BCUT2D eigenvalue weighted by Crippen LogP contribution is -2.65. The Balaban J connectivity index is 2.42. The number of hydrogen-bond acceptors (Lipinski definition) is 0. The van der Waals surface area contributed by atoms with Crippen LogP contribution in [0.4, 0.5) is 0 Å². The minimum Gasteiger partial charge on any atom is -0.149 e. The molecule has 3 aromatic carbocycles. The van der Waals surface area contributed by atoms with Crippen LogP contribution in [0.1, 0.15) is 22.3 Å². The highest BCUT2D eigenvalue weighted by atomic mass is 35.6. The molecule has 0 saturated carbocycles. The van der Waals surface area contributed by atoms with E-state index in [1.807, 2.05) is 0 Å². The minimum absolute atomic E-state index is 1.29. The topological polar surface area (TPSA) is 0 Å². The smallest absolute Gasteiger partial charge is 0.149 e.